The molecule has 0 spiro atoms. The number of pyridine rings is 1. The predicted octanol–water partition coefficient (Wildman–Crippen LogP) is 1.67. The van der Waals surface area contributed by atoms with E-state index >= 15 is 0 Å². The topological polar surface area (TPSA) is 79.5 Å². The first-order valence-electron chi connectivity index (χ1n) is 5.19. The quantitative estimate of drug-likeness (QED) is 0.700. The normalized spacial score (nSPS) is 10.9. The van der Waals surface area contributed by atoms with Crippen LogP contribution >= 0.6 is 0 Å². The van der Waals surface area contributed by atoms with Crippen molar-refractivity contribution in [2.75, 3.05) is 7.11 Å². The molecule has 3 aromatic rings. The summed E-state index contributed by atoms with van der Waals surface area (Å²) in [7, 11) is 1.59. The van der Waals surface area contributed by atoms with Gasteiger partial charge in [0.25, 0.3) is 0 Å². The summed E-state index contributed by atoms with van der Waals surface area (Å²) in [4.78, 5) is 11.9. The molecule has 0 atom stereocenters. The van der Waals surface area contributed by atoms with Crippen LogP contribution < -0.4 is 4.74 Å². The van der Waals surface area contributed by atoms with Crippen molar-refractivity contribution in [3.8, 4) is 17.3 Å². The summed E-state index contributed by atoms with van der Waals surface area (Å²) in [6.07, 6.45) is 1.74. The molecule has 6 heteroatoms. The fraction of sp³-hybridized carbons (Fsp3) is 0.182. The van der Waals surface area contributed by atoms with Crippen LogP contribution in [0.25, 0.3) is 22.6 Å². The zero-order chi connectivity index (χ0) is 11.8. The number of imidazole rings is 1. The van der Waals surface area contributed by atoms with Gasteiger partial charge in [0.05, 0.1) is 24.4 Å². The molecule has 0 radical (unpaired) electrons. The molecule has 3 heterocycles. The van der Waals surface area contributed by atoms with E-state index in [9.17, 15) is 0 Å². The number of hydrogen-bond donors (Lipinski definition) is 2. The van der Waals surface area contributed by atoms with Gasteiger partial charge >= 0.3 is 0 Å². The van der Waals surface area contributed by atoms with Crippen LogP contribution in [0.2, 0.25) is 0 Å². The van der Waals surface area contributed by atoms with Gasteiger partial charge in [-0.05, 0) is 13.0 Å². The van der Waals surface area contributed by atoms with Gasteiger partial charge in [0.15, 0.2) is 5.65 Å². The van der Waals surface area contributed by atoms with E-state index in [-0.39, 0.29) is 0 Å². The highest BCUT2D eigenvalue weighted by Crippen LogP contribution is 2.22. The van der Waals surface area contributed by atoms with Crippen molar-refractivity contribution in [2.45, 2.75) is 6.92 Å². The fourth-order valence-corrected chi connectivity index (χ4v) is 1.71. The Hall–Kier alpha value is -2.37. The minimum absolute atomic E-state index is 0.555. The number of ether oxygens (including phenoxy) is 1. The van der Waals surface area contributed by atoms with E-state index in [2.05, 4.69) is 25.1 Å². The number of nitrogens with one attached hydrogen (secondary N) is 2. The van der Waals surface area contributed by atoms with Gasteiger partial charge in [-0.1, -0.05) is 0 Å². The summed E-state index contributed by atoms with van der Waals surface area (Å²) in [5.41, 5.74) is 3.43. The van der Waals surface area contributed by atoms with Crippen LogP contribution in [-0.4, -0.2) is 32.3 Å². The number of aryl methyl sites for hydroxylation is 1. The largest absolute Gasteiger partial charge is 0.481 e. The second-order valence-electron chi connectivity index (χ2n) is 3.72. The summed E-state index contributed by atoms with van der Waals surface area (Å²) in [6.45, 7) is 1.95. The third-order valence-corrected chi connectivity index (χ3v) is 2.61. The summed E-state index contributed by atoms with van der Waals surface area (Å²) in [6, 6.07) is 3.69. The zero-order valence-electron chi connectivity index (χ0n) is 9.48. The Kier molecular flexibility index (Phi) is 2.07. The smallest absolute Gasteiger partial charge is 0.215 e. The van der Waals surface area contributed by atoms with Crippen LogP contribution in [0.5, 0.6) is 5.88 Å². The van der Waals surface area contributed by atoms with Crippen molar-refractivity contribution in [3.05, 3.63) is 24.0 Å². The summed E-state index contributed by atoms with van der Waals surface area (Å²) in [5, 5.41) is 6.85. The van der Waals surface area contributed by atoms with Crippen molar-refractivity contribution in [1.29, 1.82) is 0 Å². The van der Waals surface area contributed by atoms with E-state index in [1.54, 1.807) is 19.4 Å². The Morgan fingerprint density at radius 1 is 1.24 bits per heavy atom. The first kappa shape index (κ1) is 9.83. The van der Waals surface area contributed by atoms with Gasteiger partial charge in [-0.15, -0.1) is 0 Å². The molecule has 86 valence electrons. The van der Waals surface area contributed by atoms with Gasteiger partial charge in [-0.25, -0.2) is 4.98 Å². The average molecular weight is 229 g/mol. The molecule has 0 aliphatic carbocycles. The maximum atomic E-state index is 5.06. The van der Waals surface area contributed by atoms with Crippen molar-refractivity contribution < 1.29 is 4.74 Å². The molecule has 6 nitrogen and oxygen atoms in total. The lowest BCUT2D eigenvalue weighted by Crippen LogP contribution is -1.86. The summed E-state index contributed by atoms with van der Waals surface area (Å²) >= 11 is 0. The van der Waals surface area contributed by atoms with Gasteiger partial charge in [0.2, 0.25) is 5.88 Å². The number of nitrogens with zero attached hydrogens (tertiary/aromatic N) is 3. The van der Waals surface area contributed by atoms with Crippen molar-refractivity contribution in [3.63, 3.8) is 0 Å². The van der Waals surface area contributed by atoms with Crippen LogP contribution in [0.4, 0.5) is 0 Å². The maximum Gasteiger partial charge on any atom is 0.215 e. The van der Waals surface area contributed by atoms with E-state index in [4.69, 9.17) is 4.74 Å². The SMILES string of the molecule is COc1ccc2[nH]c(-c3cn[nH]c3C)nc2n1. The molecule has 0 amide bonds. The molecule has 0 saturated carbocycles. The number of hydrogen-bond acceptors (Lipinski definition) is 4. The van der Waals surface area contributed by atoms with Crippen molar-refractivity contribution >= 4 is 11.2 Å². The number of aromatic nitrogens is 5. The molecule has 17 heavy (non-hydrogen) atoms. The van der Waals surface area contributed by atoms with Gasteiger partial charge in [0.1, 0.15) is 5.82 Å². The number of H-pyrrole nitrogens is 2. The third kappa shape index (κ3) is 1.54. The Morgan fingerprint density at radius 3 is 2.82 bits per heavy atom. The standard InChI is InChI=1S/C11H11N5O/c1-6-7(5-12-16-6)10-13-8-3-4-9(17-2)14-11(8)15-10/h3-5H,1-2H3,(H,12,16)(H,13,14,15). The summed E-state index contributed by atoms with van der Waals surface area (Å²) < 4.78 is 5.06. The van der Waals surface area contributed by atoms with E-state index < -0.39 is 0 Å². The lowest BCUT2D eigenvalue weighted by molar-refractivity contribution is 0.399. The second-order valence-corrected chi connectivity index (χ2v) is 3.72. The highest BCUT2D eigenvalue weighted by molar-refractivity contribution is 5.76. The minimum Gasteiger partial charge on any atom is -0.481 e. The molecule has 0 aromatic carbocycles. The Morgan fingerprint density at radius 2 is 2.12 bits per heavy atom. The highest BCUT2D eigenvalue weighted by atomic mass is 16.5. The van der Waals surface area contributed by atoms with Crippen molar-refractivity contribution in [2.24, 2.45) is 0 Å². The third-order valence-electron chi connectivity index (χ3n) is 2.61. The molecule has 0 saturated heterocycles. The van der Waals surface area contributed by atoms with E-state index in [0.717, 1.165) is 22.6 Å². The molecular weight excluding hydrogens is 218 g/mol. The molecule has 0 aliphatic heterocycles. The van der Waals surface area contributed by atoms with Gasteiger partial charge in [-0.2, -0.15) is 10.1 Å². The summed E-state index contributed by atoms with van der Waals surface area (Å²) in [5.74, 6) is 1.31. The number of methoxy groups -OCH3 is 1. The first-order chi connectivity index (χ1) is 8.28. The van der Waals surface area contributed by atoms with Crippen LogP contribution in [0.15, 0.2) is 18.3 Å². The lowest BCUT2D eigenvalue weighted by atomic mass is 10.2. The van der Waals surface area contributed by atoms with E-state index in [1.165, 1.54) is 0 Å². The van der Waals surface area contributed by atoms with E-state index in [1.807, 2.05) is 13.0 Å². The highest BCUT2D eigenvalue weighted by Gasteiger charge is 2.10. The van der Waals surface area contributed by atoms with Crippen LogP contribution in [0, 0.1) is 6.92 Å². The molecule has 3 aromatic heterocycles. The average Bonchev–Trinajstić information content (AvgIpc) is 2.93. The minimum atomic E-state index is 0.555. The van der Waals surface area contributed by atoms with Crippen molar-refractivity contribution in [1.82, 2.24) is 25.1 Å². The Labute approximate surface area is 97.1 Å². The van der Waals surface area contributed by atoms with Gasteiger partial charge in [0, 0.05) is 11.8 Å². The van der Waals surface area contributed by atoms with Gasteiger partial charge < -0.3 is 9.72 Å². The molecule has 3 rings (SSSR count). The Balaban J connectivity index is 2.17. The van der Waals surface area contributed by atoms with Crippen LogP contribution in [0.1, 0.15) is 5.69 Å². The van der Waals surface area contributed by atoms with Gasteiger partial charge in [-0.3, -0.25) is 5.10 Å². The van der Waals surface area contributed by atoms with E-state index in [0.29, 0.717) is 11.5 Å². The number of aromatic amines is 2. The molecule has 0 aliphatic rings. The monoisotopic (exact) mass is 229 g/mol. The molecule has 0 unspecified atom stereocenters. The second kappa shape index (κ2) is 3.58. The maximum absolute atomic E-state index is 5.06. The Bertz CT molecular complexity index is 669. The number of fused-ring (bicyclic) bond motifs is 1. The van der Waals surface area contributed by atoms with Crippen LogP contribution in [0.3, 0.4) is 0 Å². The molecular formula is C11H11N5O. The predicted molar refractivity (Wildman–Crippen MR) is 62.8 cm³/mol. The van der Waals surface area contributed by atoms with Crippen LogP contribution in [-0.2, 0) is 0 Å². The lowest BCUT2D eigenvalue weighted by Gasteiger charge is -1.95. The first-order valence-corrected chi connectivity index (χ1v) is 5.19. The fourth-order valence-electron chi connectivity index (χ4n) is 1.71. The molecule has 0 bridgehead atoms. The number of rotatable bonds is 2. The molecule has 2 N–H and O–H groups in total. The molecule has 0 fully saturated rings. The zero-order valence-corrected chi connectivity index (χ0v) is 9.48.